The Morgan fingerprint density at radius 2 is 2.11 bits per heavy atom. The van der Waals surface area contributed by atoms with Gasteiger partial charge in [-0.3, -0.25) is 10.1 Å². The van der Waals surface area contributed by atoms with Crippen LogP contribution in [-0.2, 0) is 0 Å². The predicted octanol–water partition coefficient (Wildman–Crippen LogP) is 2.80. The number of nitrogens with one attached hydrogen (secondary N) is 1. The first-order valence-corrected chi connectivity index (χ1v) is 6.84. The van der Waals surface area contributed by atoms with E-state index >= 15 is 0 Å². The van der Waals surface area contributed by atoms with Gasteiger partial charge < -0.3 is 5.73 Å². The van der Waals surface area contributed by atoms with Gasteiger partial charge in [-0.15, -0.1) is 11.3 Å². The first kappa shape index (κ1) is 13.5. The summed E-state index contributed by atoms with van der Waals surface area (Å²) >= 11 is 1.42. The molecule has 0 aliphatic rings. The molecule has 19 heavy (non-hydrogen) atoms. The van der Waals surface area contributed by atoms with E-state index in [2.05, 4.69) is 29.1 Å². The minimum Gasteiger partial charge on any atom is -0.384 e. The molecule has 0 spiro atoms. The van der Waals surface area contributed by atoms with Crippen molar-refractivity contribution < 1.29 is 4.79 Å². The van der Waals surface area contributed by atoms with Gasteiger partial charge in [-0.25, -0.2) is 9.97 Å². The lowest BCUT2D eigenvalue weighted by Crippen LogP contribution is -2.13. The summed E-state index contributed by atoms with van der Waals surface area (Å²) in [6, 6.07) is 3.25. The van der Waals surface area contributed by atoms with Gasteiger partial charge >= 0.3 is 0 Å². The zero-order chi connectivity index (χ0) is 14.0. The van der Waals surface area contributed by atoms with Crippen molar-refractivity contribution in [3.05, 3.63) is 34.5 Å². The van der Waals surface area contributed by atoms with Crippen molar-refractivity contribution in [2.45, 2.75) is 26.7 Å². The summed E-state index contributed by atoms with van der Waals surface area (Å²) in [5.41, 5.74) is 7.81. The highest BCUT2D eigenvalue weighted by atomic mass is 32.1. The maximum Gasteiger partial charge on any atom is 0.257 e. The number of hydrogen-bond acceptors (Lipinski definition) is 5. The molecule has 6 heteroatoms. The van der Waals surface area contributed by atoms with E-state index in [0.29, 0.717) is 28.1 Å². The van der Waals surface area contributed by atoms with E-state index in [1.807, 2.05) is 5.38 Å². The van der Waals surface area contributed by atoms with Crippen LogP contribution >= 0.6 is 11.3 Å². The number of rotatable bonds is 3. The quantitative estimate of drug-likeness (QED) is 0.903. The van der Waals surface area contributed by atoms with Crippen LogP contribution in [0.4, 0.5) is 10.9 Å². The minimum absolute atomic E-state index is 0.221. The molecular formula is C13H16N4OS. The third-order valence-electron chi connectivity index (χ3n) is 2.57. The molecule has 5 nitrogen and oxygen atoms in total. The fraction of sp³-hybridized carbons (Fsp3) is 0.308. The van der Waals surface area contributed by atoms with Crippen LogP contribution < -0.4 is 11.1 Å². The fourth-order valence-corrected chi connectivity index (χ4v) is 2.47. The largest absolute Gasteiger partial charge is 0.384 e. The number of nitrogens with two attached hydrogens (primary N) is 1. The van der Waals surface area contributed by atoms with Crippen molar-refractivity contribution in [1.82, 2.24) is 9.97 Å². The Kier molecular flexibility index (Phi) is 3.80. The fourth-order valence-electron chi connectivity index (χ4n) is 1.60. The number of aryl methyl sites for hydroxylation is 1. The highest BCUT2D eigenvalue weighted by molar-refractivity contribution is 7.14. The van der Waals surface area contributed by atoms with Gasteiger partial charge in [-0.1, -0.05) is 13.8 Å². The summed E-state index contributed by atoms with van der Waals surface area (Å²) in [6.07, 6.45) is 0. The molecule has 2 rings (SSSR count). The van der Waals surface area contributed by atoms with E-state index in [9.17, 15) is 4.79 Å². The molecule has 0 atom stereocenters. The number of carbonyl (C=O) groups excluding carboxylic acids is 1. The SMILES string of the molecule is Cc1cc(C(=O)Nc2nc(C(C)C)cs2)cc(N)n1. The summed E-state index contributed by atoms with van der Waals surface area (Å²) in [5.74, 6) is 0.467. The maximum atomic E-state index is 12.1. The molecule has 2 heterocycles. The van der Waals surface area contributed by atoms with Crippen molar-refractivity contribution in [3.8, 4) is 0 Å². The molecule has 2 aromatic rings. The first-order chi connectivity index (χ1) is 8.95. The number of amides is 1. The Bertz CT molecular complexity index is 586. The van der Waals surface area contributed by atoms with Gasteiger partial charge in [-0.2, -0.15) is 0 Å². The Labute approximate surface area is 115 Å². The van der Waals surface area contributed by atoms with Gasteiger partial charge in [0.25, 0.3) is 5.91 Å². The van der Waals surface area contributed by atoms with E-state index in [4.69, 9.17) is 5.73 Å². The second-order valence-corrected chi connectivity index (χ2v) is 5.47. The Morgan fingerprint density at radius 1 is 1.37 bits per heavy atom. The Balaban J connectivity index is 2.15. The molecule has 0 saturated heterocycles. The third-order valence-corrected chi connectivity index (χ3v) is 3.35. The third kappa shape index (κ3) is 3.29. The van der Waals surface area contributed by atoms with Crippen molar-refractivity contribution in [2.24, 2.45) is 0 Å². The van der Waals surface area contributed by atoms with E-state index < -0.39 is 0 Å². The minimum atomic E-state index is -0.221. The molecule has 0 aromatic carbocycles. The van der Waals surface area contributed by atoms with Crippen molar-refractivity contribution in [1.29, 1.82) is 0 Å². The van der Waals surface area contributed by atoms with Crippen LogP contribution in [0.15, 0.2) is 17.5 Å². The zero-order valence-corrected chi connectivity index (χ0v) is 11.9. The summed E-state index contributed by atoms with van der Waals surface area (Å²) in [6.45, 7) is 5.93. The van der Waals surface area contributed by atoms with Crippen molar-refractivity contribution in [2.75, 3.05) is 11.1 Å². The van der Waals surface area contributed by atoms with Crippen LogP contribution in [0, 0.1) is 6.92 Å². The van der Waals surface area contributed by atoms with E-state index in [1.54, 1.807) is 19.1 Å². The molecule has 1 amide bonds. The molecule has 0 fully saturated rings. The second kappa shape index (κ2) is 5.36. The molecule has 0 unspecified atom stereocenters. The van der Waals surface area contributed by atoms with Crippen LogP contribution in [0.5, 0.6) is 0 Å². The van der Waals surface area contributed by atoms with Crippen molar-refractivity contribution in [3.63, 3.8) is 0 Å². The molecule has 0 saturated carbocycles. The lowest BCUT2D eigenvalue weighted by Gasteiger charge is -2.04. The molecule has 0 aliphatic carbocycles. The van der Waals surface area contributed by atoms with Gasteiger partial charge in [0.2, 0.25) is 0 Å². The van der Waals surface area contributed by atoms with Gasteiger partial charge in [0.15, 0.2) is 5.13 Å². The average molecular weight is 276 g/mol. The maximum absolute atomic E-state index is 12.1. The summed E-state index contributed by atoms with van der Waals surface area (Å²) in [7, 11) is 0. The number of hydrogen-bond donors (Lipinski definition) is 2. The molecule has 100 valence electrons. The van der Waals surface area contributed by atoms with Crippen LogP contribution in [-0.4, -0.2) is 15.9 Å². The van der Waals surface area contributed by atoms with Gasteiger partial charge in [0, 0.05) is 16.6 Å². The van der Waals surface area contributed by atoms with E-state index in [1.165, 1.54) is 11.3 Å². The number of anilines is 2. The Morgan fingerprint density at radius 3 is 2.68 bits per heavy atom. The van der Waals surface area contributed by atoms with Crippen LogP contribution in [0.3, 0.4) is 0 Å². The summed E-state index contributed by atoms with van der Waals surface area (Å²) < 4.78 is 0. The van der Waals surface area contributed by atoms with E-state index in [-0.39, 0.29) is 5.91 Å². The highest BCUT2D eigenvalue weighted by Gasteiger charge is 2.11. The highest BCUT2D eigenvalue weighted by Crippen LogP contribution is 2.22. The number of aromatic nitrogens is 2. The molecule has 2 aromatic heterocycles. The van der Waals surface area contributed by atoms with E-state index in [0.717, 1.165) is 5.69 Å². The van der Waals surface area contributed by atoms with Gasteiger partial charge in [0.05, 0.1) is 5.69 Å². The number of nitrogen functional groups attached to an aromatic ring is 1. The summed E-state index contributed by atoms with van der Waals surface area (Å²) in [4.78, 5) is 20.5. The van der Waals surface area contributed by atoms with Crippen molar-refractivity contribution >= 4 is 28.2 Å². The standard InChI is InChI=1S/C13H16N4OS/c1-7(2)10-6-19-13(16-10)17-12(18)9-4-8(3)15-11(14)5-9/h4-7H,1-3H3,(H2,14,15)(H,16,17,18). The first-order valence-electron chi connectivity index (χ1n) is 5.96. The Hall–Kier alpha value is -1.95. The second-order valence-electron chi connectivity index (χ2n) is 4.61. The monoisotopic (exact) mass is 276 g/mol. The number of carbonyl (C=O) groups is 1. The average Bonchev–Trinajstić information content (AvgIpc) is 2.76. The van der Waals surface area contributed by atoms with Gasteiger partial charge in [-0.05, 0) is 25.0 Å². The van der Waals surface area contributed by atoms with Crippen LogP contribution in [0.2, 0.25) is 0 Å². The smallest absolute Gasteiger partial charge is 0.257 e. The van der Waals surface area contributed by atoms with Crippen LogP contribution in [0.1, 0.15) is 41.5 Å². The number of thiazole rings is 1. The van der Waals surface area contributed by atoms with Crippen LogP contribution in [0.25, 0.3) is 0 Å². The zero-order valence-electron chi connectivity index (χ0n) is 11.1. The normalized spacial score (nSPS) is 10.7. The molecule has 0 radical (unpaired) electrons. The molecule has 0 bridgehead atoms. The number of pyridine rings is 1. The lowest BCUT2D eigenvalue weighted by atomic mass is 10.2. The number of nitrogens with zero attached hydrogens (tertiary/aromatic N) is 2. The lowest BCUT2D eigenvalue weighted by molar-refractivity contribution is 0.102. The summed E-state index contributed by atoms with van der Waals surface area (Å²) in [5, 5.41) is 5.32. The molecular weight excluding hydrogens is 260 g/mol. The molecule has 0 aliphatic heterocycles. The van der Waals surface area contributed by atoms with Gasteiger partial charge in [0.1, 0.15) is 5.82 Å². The predicted molar refractivity (Wildman–Crippen MR) is 77.5 cm³/mol. The molecule has 3 N–H and O–H groups in total. The topological polar surface area (TPSA) is 80.9 Å².